The summed E-state index contributed by atoms with van der Waals surface area (Å²) in [5, 5.41) is 2.35. The Morgan fingerprint density at radius 3 is 2.11 bits per heavy atom. The summed E-state index contributed by atoms with van der Waals surface area (Å²) < 4.78 is 5.74. The van der Waals surface area contributed by atoms with Crippen molar-refractivity contribution in [2.75, 3.05) is 6.61 Å². The number of hydrogen-bond acceptors (Lipinski definition) is 3. The first-order chi connectivity index (χ1) is 13.2. The average molecular weight is 375 g/mol. The van der Waals surface area contributed by atoms with E-state index in [-0.39, 0.29) is 11.9 Å². The minimum absolute atomic E-state index is 0.358. The fourth-order valence-corrected chi connectivity index (χ4v) is 3.37. The van der Waals surface area contributed by atoms with Gasteiger partial charge >= 0.3 is 6.03 Å². The van der Waals surface area contributed by atoms with E-state index in [0.29, 0.717) is 13.2 Å². The van der Waals surface area contributed by atoms with Gasteiger partial charge in [0, 0.05) is 6.61 Å². The van der Waals surface area contributed by atoms with Crippen molar-refractivity contribution in [1.82, 2.24) is 10.2 Å². The number of imide groups is 1. The van der Waals surface area contributed by atoms with E-state index in [1.165, 1.54) is 56.3 Å². The maximum atomic E-state index is 12.0. The van der Waals surface area contributed by atoms with Crippen LogP contribution in [0.4, 0.5) is 4.79 Å². The summed E-state index contributed by atoms with van der Waals surface area (Å²) in [6.07, 6.45) is 11.7. The summed E-state index contributed by atoms with van der Waals surface area (Å²) in [5.74, 6) is -0.358. The van der Waals surface area contributed by atoms with E-state index in [0.717, 1.165) is 18.4 Å². The van der Waals surface area contributed by atoms with Crippen LogP contribution in [0, 0.1) is 0 Å². The molecule has 0 bridgehead atoms. The molecule has 5 nitrogen and oxygen atoms in total. The first kappa shape index (κ1) is 21.4. The standard InChI is InChI=1S/C22H34N2O3/c1-2-3-4-5-6-7-8-9-10-14-17-27-21-20(25)23-22(26)24(21)18-19-15-12-11-13-16-19/h11-13,15-16,21H,2-10,14,17-18H2,1H3,(H,23,25,26). The van der Waals surface area contributed by atoms with Crippen LogP contribution in [0.2, 0.25) is 0 Å². The van der Waals surface area contributed by atoms with Crippen LogP contribution < -0.4 is 5.32 Å². The van der Waals surface area contributed by atoms with Crippen molar-refractivity contribution >= 4 is 11.9 Å². The average Bonchev–Trinajstić information content (AvgIpc) is 2.93. The van der Waals surface area contributed by atoms with Gasteiger partial charge in [0.05, 0.1) is 6.54 Å². The fourth-order valence-electron chi connectivity index (χ4n) is 3.37. The molecule has 1 atom stereocenters. The van der Waals surface area contributed by atoms with Crippen molar-refractivity contribution < 1.29 is 14.3 Å². The lowest BCUT2D eigenvalue weighted by Gasteiger charge is -2.21. The van der Waals surface area contributed by atoms with Crippen LogP contribution >= 0.6 is 0 Å². The van der Waals surface area contributed by atoms with Gasteiger partial charge in [-0.25, -0.2) is 4.79 Å². The predicted octanol–water partition coefficient (Wildman–Crippen LogP) is 5.00. The molecule has 1 N–H and O–H groups in total. The number of nitrogens with zero attached hydrogens (tertiary/aromatic N) is 1. The first-order valence-corrected chi connectivity index (χ1v) is 10.5. The SMILES string of the molecule is CCCCCCCCCCCCOC1C(=O)NC(=O)N1Cc1ccccc1. The number of amides is 3. The maximum Gasteiger partial charge on any atom is 0.326 e. The Morgan fingerprint density at radius 1 is 0.889 bits per heavy atom. The molecule has 1 fully saturated rings. The molecule has 0 saturated carbocycles. The van der Waals surface area contributed by atoms with Crippen LogP contribution in [0.15, 0.2) is 30.3 Å². The molecule has 1 aromatic carbocycles. The van der Waals surface area contributed by atoms with Crippen molar-refractivity contribution in [3.8, 4) is 0 Å². The highest BCUT2D eigenvalue weighted by atomic mass is 16.5. The summed E-state index contributed by atoms with van der Waals surface area (Å²) in [6.45, 7) is 3.13. The molecule has 1 heterocycles. The molecule has 27 heavy (non-hydrogen) atoms. The highest BCUT2D eigenvalue weighted by molar-refractivity contribution is 6.03. The van der Waals surface area contributed by atoms with Gasteiger partial charge in [-0.3, -0.25) is 15.0 Å². The molecule has 3 amide bonds. The summed E-state index contributed by atoms with van der Waals surface area (Å²) in [5.41, 5.74) is 0.981. The van der Waals surface area contributed by atoms with E-state index in [4.69, 9.17) is 4.74 Å². The van der Waals surface area contributed by atoms with E-state index in [1.54, 1.807) is 0 Å². The largest absolute Gasteiger partial charge is 0.349 e. The first-order valence-electron chi connectivity index (χ1n) is 10.5. The number of ether oxygens (including phenoxy) is 1. The monoisotopic (exact) mass is 374 g/mol. The molecule has 1 aromatic rings. The maximum absolute atomic E-state index is 12.0. The molecule has 2 rings (SSSR count). The second-order valence-corrected chi connectivity index (χ2v) is 7.31. The molecule has 1 aliphatic rings. The number of rotatable bonds is 14. The summed E-state index contributed by atoms with van der Waals surface area (Å²) in [4.78, 5) is 25.5. The lowest BCUT2D eigenvalue weighted by atomic mass is 10.1. The van der Waals surface area contributed by atoms with Crippen LogP contribution in [0.1, 0.15) is 76.7 Å². The van der Waals surface area contributed by atoms with Crippen LogP contribution in [0.5, 0.6) is 0 Å². The quantitative estimate of drug-likeness (QED) is 0.368. The number of benzene rings is 1. The third-order valence-electron chi connectivity index (χ3n) is 4.97. The molecule has 150 valence electrons. The van der Waals surface area contributed by atoms with Crippen molar-refractivity contribution in [3.05, 3.63) is 35.9 Å². The second kappa shape index (κ2) is 12.5. The van der Waals surface area contributed by atoms with Crippen molar-refractivity contribution in [2.45, 2.75) is 83.9 Å². The molecule has 0 spiro atoms. The topological polar surface area (TPSA) is 58.6 Å². The summed E-state index contributed by atoms with van der Waals surface area (Å²) in [7, 11) is 0. The van der Waals surface area contributed by atoms with Gasteiger partial charge in [-0.2, -0.15) is 0 Å². The summed E-state index contributed by atoms with van der Waals surface area (Å²) in [6, 6.07) is 9.27. The zero-order valence-electron chi connectivity index (χ0n) is 16.6. The van der Waals surface area contributed by atoms with Gasteiger partial charge in [0.25, 0.3) is 5.91 Å². The molecular formula is C22H34N2O3. The van der Waals surface area contributed by atoms with Crippen LogP contribution in [-0.4, -0.2) is 29.7 Å². The minimum Gasteiger partial charge on any atom is -0.349 e. The van der Waals surface area contributed by atoms with Gasteiger partial charge < -0.3 is 4.74 Å². The predicted molar refractivity (Wildman–Crippen MR) is 107 cm³/mol. The molecular weight excluding hydrogens is 340 g/mol. The number of nitrogens with one attached hydrogen (secondary N) is 1. The minimum atomic E-state index is -0.809. The Balaban J connectivity index is 1.59. The van der Waals surface area contributed by atoms with Gasteiger partial charge in [-0.15, -0.1) is 0 Å². The van der Waals surface area contributed by atoms with Gasteiger partial charge in [-0.1, -0.05) is 95.0 Å². The van der Waals surface area contributed by atoms with E-state index in [9.17, 15) is 9.59 Å². The van der Waals surface area contributed by atoms with E-state index < -0.39 is 6.23 Å². The Hall–Kier alpha value is -1.88. The van der Waals surface area contributed by atoms with Crippen LogP contribution in [-0.2, 0) is 16.1 Å². The van der Waals surface area contributed by atoms with Gasteiger partial charge in [0.2, 0.25) is 6.23 Å². The zero-order valence-corrected chi connectivity index (χ0v) is 16.6. The van der Waals surface area contributed by atoms with Gasteiger partial charge in [-0.05, 0) is 12.0 Å². The van der Waals surface area contributed by atoms with Crippen molar-refractivity contribution in [2.24, 2.45) is 0 Å². The van der Waals surface area contributed by atoms with E-state index in [1.807, 2.05) is 30.3 Å². The van der Waals surface area contributed by atoms with Crippen molar-refractivity contribution in [1.29, 1.82) is 0 Å². The van der Waals surface area contributed by atoms with Gasteiger partial charge in [0.15, 0.2) is 0 Å². The number of carbonyl (C=O) groups excluding carboxylic acids is 2. The third-order valence-corrected chi connectivity index (χ3v) is 4.97. The molecule has 0 aromatic heterocycles. The number of urea groups is 1. The Kier molecular flexibility index (Phi) is 9.91. The zero-order chi connectivity index (χ0) is 19.3. The highest BCUT2D eigenvalue weighted by Crippen LogP contribution is 2.16. The smallest absolute Gasteiger partial charge is 0.326 e. The molecule has 5 heteroatoms. The third kappa shape index (κ3) is 7.71. The molecule has 1 aliphatic heterocycles. The Morgan fingerprint density at radius 2 is 1.48 bits per heavy atom. The normalized spacial score (nSPS) is 16.8. The lowest BCUT2D eigenvalue weighted by Crippen LogP contribution is -2.37. The Labute approximate surface area is 163 Å². The van der Waals surface area contributed by atoms with Crippen molar-refractivity contribution in [3.63, 3.8) is 0 Å². The molecule has 1 saturated heterocycles. The van der Waals surface area contributed by atoms with Crippen LogP contribution in [0.25, 0.3) is 0 Å². The summed E-state index contributed by atoms with van der Waals surface area (Å²) >= 11 is 0. The number of hydrogen-bond donors (Lipinski definition) is 1. The second-order valence-electron chi connectivity index (χ2n) is 7.31. The molecule has 0 aliphatic carbocycles. The fraction of sp³-hybridized carbons (Fsp3) is 0.636. The van der Waals surface area contributed by atoms with Gasteiger partial charge in [0.1, 0.15) is 0 Å². The van der Waals surface area contributed by atoms with E-state index in [2.05, 4.69) is 12.2 Å². The lowest BCUT2D eigenvalue weighted by molar-refractivity contribution is -0.136. The van der Waals surface area contributed by atoms with E-state index >= 15 is 0 Å². The van der Waals surface area contributed by atoms with Crippen LogP contribution in [0.3, 0.4) is 0 Å². The number of carbonyl (C=O) groups is 2. The highest BCUT2D eigenvalue weighted by Gasteiger charge is 2.38. The Bertz CT molecular complexity index is 562. The number of unbranched alkanes of at least 4 members (excludes halogenated alkanes) is 9. The molecule has 0 radical (unpaired) electrons. The molecule has 1 unspecified atom stereocenters.